The lowest BCUT2D eigenvalue weighted by atomic mass is 10.1. The molecule has 0 aromatic heterocycles. The van der Waals surface area contributed by atoms with Crippen LogP contribution in [-0.4, -0.2) is 35.9 Å². The van der Waals surface area contributed by atoms with Gasteiger partial charge in [-0.1, -0.05) is 35.0 Å². The highest BCUT2D eigenvalue weighted by Gasteiger charge is 2.31. The SMILES string of the molecule is COC(=O)C(C)N(C(=O)CSC(=O)C=C(C)C)c1c(C)ccc(Cl)c1C. The quantitative estimate of drug-likeness (QED) is 0.534. The lowest BCUT2D eigenvalue weighted by molar-refractivity contribution is -0.142. The number of hydrogen-bond acceptors (Lipinski definition) is 5. The Balaban J connectivity index is 3.25. The third-order valence-corrected chi connectivity index (χ3v) is 4.95. The predicted octanol–water partition coefficient (Wildman–Crippen LogP) is 4.08. The maximum absolute atomic E-state index is 12.9. The molecular formula is C19H24ClNO4S. The van der Waals surface area contributed by atoms with Crippen molar-refractivity contribution in [3.05, 3.63) is 39.9 Å². The molecule has 26 heavy (non-hydrogen) atoms. The number of thioether (sulfide) groups is 1. The van der Waals surface area contributed by atoms with Gasteiger partial charge in [0.1, 0.15) is 6.04 Å². The molecular weight excluding hydrogens is 374 g/mol. The zero-order valence-corrected chi connectivity index (χ0v) is 17.5. The van der Waals surface area contributed by atoms with Gasteiger partial charge in [-0.05, 0) is 57.9 Å². The van der Waals surface area contributed by atoms with Gasteiger partial charge in [-0.25, -0.2) is 4.79 Å². The Morgan fingerprint density at radius 3 is 2.42 bits per heavy atom. The Hall–Kier alpha value is -1.79. The molecule has 0 aliphatic carbocycles. The van der Waals surface area contributed by atoms with Crippen LogP contribution in [0, 0.1) is 13.8 Å². The van der Waals surface area contributed by atoms with Crippen LogP contribution in [0.15, 0.2) is 23.8 Å². The molecule has 1 unspecified atom stereocenters. The fourth-order valence-corrected chi connectivity index (χ4v) is 3.35. The second-order valence-corrected chi connectivity index (χ2v) is 7.52. The summed E-state index contributed by atoms with van der Waals surface area (Å²) in [5.74, 6) is -0.996. The summed E-state index contributed by atoms with van der Waals surface area (Å²) in [6.45, 7) is 8.84. The van der Waals surface area contributed by atoms with Gasteiger partial charge in [-0.15, -0.1) is 0 Å². The van der Waals surface area contributed by atoms with Gasteiger partial charge >= 0.3 is 5.97 Å². The second-order valence-electron chi connectivity index (χ2n) is 6.13. The minimum Gasteiger partial charge on any atom is -0.467 e. The number of aryl methyl sites for hydroxylation is 1. The summed E-state index contributed by atoms with van der Waals surface area (Å²) in [5, 5.41) is 0.289. The Morgan fingerprint density at radius 2 is 1.88 bits per heavy atom. The molecule has 7 heteroatoms. The molecule has 142 valence electrons. The Morgan fingerprint density at radius 1 is 1.27 bits per heavy atom. The first-order valence-corrected chi connectivity index (χ1v) is 9.43. The molecule has 5 nitrogen and oxygen atoms in total. The van der Waals surface area contributed by atoms with Gasteiger partial charge in [-0.3, -0.25) is 14.5 Å². The van der Waals surface area contributed by atoms with Crippen LogP contribution in [0.25, 0.3) is 0 Å². The van der Waals surface area contributed by atoms with Crippen molar-refractivity contribution >= 4 is 46.0 Å². The summed E-state index contributed by atoms with van der Waals surface area (Å²) in [6, 6.07) is 2.69. The molecule has 1 amide bonds. The number of halogens is 1. The van der Waals surface area contributed by atoms with E-state index >= 15 is 0 Å². The minimum absolute atomic E-state index is 0.0880. The van der Waals surface area contributed by atoms with E-state index in [-0.39, 0.29) is 16.8 Å². The van der Waals surface area contributed by atoms with Crippen LogP contribution in [0.4, 0.5) is 5.69 Å². The summed E-state index contributed by atoms with van der Waals surface area (Å²) in [5.41, 5.74) is 2.92. The highest BCUT2D eigenvalue weighted by atomic mass is 35.5. The number of ether oxygens (including phenoxy) is 1. The molecule has 0 aliphatic rings. The van der Waals surface area contributed by atoms with Gasteiger partial charge in [-0.2, -0.15) is 0 Å². The molecule has 0 fully saturated rings. The molecule has 1 aromatic carbocycles. The monoisotopic (exact) mass is 397 g/mol. The van der Waals surface area contributed by atoms with Crippen molar-refractivity contribution in [1.29, 1.82) is 0 Å². The summed E-state index contributed by atoms with van der Waals surface area (Å²) in [6.07, 6.45) is 1.47. The maximum Gasteiger partial charge on any atom is 0.328 e. The van der Waals surface area contributed by atoms with Gasteiger partial charge in [0.2, 0.25) is 11.0 Å². The normalized spacial score (nSPS) is 11.5. The fraction of sp³-hybridized carbons (Fsp3) is 0.421. The van der Waals surface area contributed by atoms with E-state index in [1.54, 1.807) is 26.0 Å². The Bertz CT molecular complexity index is 741. The van der Waals surface area contributed by atoms with Gasteiger partial charge in [0, 0.05) is 5.02 Å². The first-order valence-electron chi connectivity index (χ1n) is 8.07. The maximum atomic E-state index is 12.9. The van der Waals surface area contributed by atoms with Crippen molar-refractivity contribution in [3.8, 4) is 0 Å². The van der Waals surface area contributed by atoms with Crippen molar-refractivity contribution in [2.75, 3.05) is 17.8 Å². The van der Waals surface area contributed by atoms with Crippen LogP contribution in [0.3, 0.4) is 0 Å². The second kappa shape index (κ2) is 9.78. The summed E-state index contributed by atoms with van der Waals surface area (Å²) >= 11 is 7.11. The van der Waals surface area contributed by atoms with E-state index in [9.17, 15) is 14.4 Å². The molecule has 0 spiro atoms. The zero-order chi connectivity index (χ0) is 20.0. The number of benzene rings is 1. The summed E-state index contributed by atoms with van der Waals surface area (Å²) < 4.78 is 4.80. The smallest absolute Gasteiger partial charge is 0.328 e. The van der Waals surface area contributed by atoms with Crippen LogP contribution in [-0.2, 0) is 19.1 Å². The molecule has 1 atom stereocenters. The number of hydrogen-bond donors (Lipinski definition) is 0. The van der Waals surface area contributed by atoms with Crippen LogP contribution in [0.1, 0.15) is 31.9 Å². The number of methoxy groups -OCH3 is 1. The van der Waals surface area contributed by atoms with E-state index in [0.29, 0.717) is 16.3 Å². The molecule has 0 bridgehead atoms. The molecule has 0 aliphatic heterocycles. The first-order chi connectivity index (χ1) is 12.1. The summed E-state index contributed by atoms with van der Waals surface area (Å²) in [4.78, 5) is 38.2. The molecule has 0 N–H and O–H groups in total. The first kappa shape index (κ1) is 22.3. The van der Waals surface area contributed by atoms with Crippen molar-refractivity contribution in [2.24, 2.45) is 0 Å². The number of carbonyl (C=O) groups excluding carboxylic acids is 3. The van der Waals surface area contributed by atoms with Crippen molar-refractivity contribution in [3.63, 3.8) is 0 Å². The molecule has 0 saturated heterocycles. The van der Waals surface area contributed by atoms with E-state index in [1.807, 2.05) is 20.8 Å². The number of rotatable bonds is 6. The number of esters is 1. The Kier molecular flexibility index (Phi) is 8.37. The average Bonchev–Trinajstić information content (AvgIpc) is 2.58. The summed E-state index contributed by atoms with van der Waals surface area (Å²) in [7, 11) is 1.27. The lowest BCUT2D eigenvalue weighted by Crippen LogP contribution is -2.45. The van der Waals surface area contributed by atoms with Crippen molar-refractivity contribution in [1.82, 2.24) is 0 Å². The molecule has 1 aromatic rings. The van der Waals surface area contributed by atoms with Gasteiger partial charge in [0.05, 0.1) is 18.6 Å². The van der Waals surface area contributed by atoms with Gasteiger partial charge in [0.25, 0.3) is 0 Å². The van der Waals surface area contributed by atoms with E-state index in [2.05, 4.69) is 0 Å². The number of amides is 1. The Labute approximate surface area is 163 Å². The zero-order valence-electron chi connectivity index (χ0n) is 15.9. The van der Waals surface area contributed by atoms with E-state index < -0.39 is 12.0 Å². The number of carbonyl (C=O) groups is 3. The van der Waals surface area contributed by atoms with Gasteiger partial charge < -0.3 is 4.74 Å². The standard InChI is InChI=1S/C19H24ClNO4S/c1-11(2)9-17(23)26-10-16(22)21(14(5)19(24)25-6)18-12(3)7-8-15(20)13(18)4/h7-9,14H,10H2,1-6H3. The number of nitrogens with zero attached hydrogens (tertiary/aromatic N) is 1. The largest absolute Gasteiger partial charge is 0.467 e. The van der Waals surface area contributed by atoms with Crippen LogP contribution in [0.5, 0.6) is 0 Å². The third-order valence-electron chi connectivity index (χ3n) is 3.75. The predicted molar refractivity (Wildman–Crippen MR) is 107 cm³/mol. The van der Waals surface area contributed by atoms with Crippen LogP contribution < -0.4 is 4.90 Å². The number of allylic oxidation sites excluding steroid dienone is 1. The lowest BCUT2D eigenvalue weighted by Gasteiger charge is -2.30. The minimum atomic E-state index is -0.845. The molecule has 0 saturated carbocycles. The highest BCUT2D eigenvalue weighted by molar-refractivity contribution is 8.14. The highest BCUT2D eigenvalue weighted by Crippen LogP contribution is 2.32. The van der Waals surface area contributed by atoms with Crippen LogP contribution in [0.2, 0.25) is 5.02 Å². The average molecular weight is 398 g/mol. The molecule has 0 heterocycles. The van der Waals surface area contributed by atoms with Crippen molar-refractivity contribution < 1.29 is 19.1 Å². The van der Waals surface area contributed by atoms with Crippen molar-refractivity contribution in [2.45, 2.75) is 40.7 Å². The van der Waals surface area contributed by atoms with E-state index in [4.69, 9.17) is 16.3 Å². The number of anilines is 1. The van der Waals surface area contributed by atoms with E-state index in [1.165, 1.54) is 18.1 Å². The third kappa shape index (κ3) is 5.61. The molecule has 0 radical (unpaired) electrons. The topological polar surface area (TPSA) is 63.7 Å². The van der Waals surface area contributed by atoms with Crippen LogP contribution >= 0.6 is 23.4 Å². The molecule has 1 rings (SSSR count). The van der Waals surface area contributed by atoms with Gasteiger partial charge in [0.15, 0.2) is 0 Å². The fourth-order valence-electron chi connectivity index (χ4n) is 2.47. The van der Waals surface area contributed by atoms with E-state index in [0.717, 1.165) is 22.9 Å².